The van der Waals surface area contributed by atoms with Gasteiger partial charge in [0.2, 0.25) is 0 Å². The van der Waals surface area contributed by atoms with Crippen LogP contribution >= 0.6 is 0 Å². The van der Waals surface area contributed by atoms with Crippen LogP contribution in [0.1, 0.15) is 11.1 Å². The Morgan fingerprint density at radius 2 is 1.14 bits per heavy atom. The summed E-state index contributed by atoms with van der Waals surface area (Å²) in [6.45, 7) is 4.20. The van der Waals surface area contributed by atoms with Crippen LogP contribution in [0, 0.1) is 13.8 Å². The normalized spacial score (nSPS) is 10.6. The van der Waals surface area contributed by atoms with Crippen LogP contribution in [-0.2, 0) is 0 Å². The molecule has 0 unspecified atom stereocenters. The van der Waals surface area contributed by atoms with Crippen LogP contribution in [0.3, 0.4) is 0 Å². The summed E-state index contributed by atoms with van der Waals surface area (Å²) in [5.74, 6) is 0. The molecule has 0 aliphatic rings. The molecule has 0 spiro atoms. The Labute approximate surface area is 126 Å². The molecule has 0 radical (unpaired) electrons. The second-order valence-corrected chi connectivity index (χ2v) is 5.50. The van der Waals surface area contributed by atoms with Crippen LogP contribution in [0.4, 0.5) is 5.69 Å². The summed E-state index contributed by atoms with van der Waals surface area (Å²) in [6, 6.07) is 23.2. The van der Waals surface area contributed by atoms with Gasteiger partial charge in [0.15, 0.2) is 0 Å². The third kappa shape index (κ3) is 2.68. The fraction of sp³-hybridized carbons (Fsp3) is 0.100. The van der Waals surface area contributed by atoms with Gasteiger partial charge in [0.05, 0.1) is 0 Å². The molecule has 0 heterocycles. The molecular formula is C20H19N. The quantitative estimate of drug-likeness (QED) is 0.636. The van der Waals surface area contributed by atoms with Crippen molar-refractivity contribution in [2.45, 2.75) is 13.8 Å². The third-order valence-electron chi connectivity index (χ3n) is 3.80. The lowest BCUT2D eigenvalue weighted by Gasteiger charge is -2.13. The summed E-state index contributed by atoms with van der Waals surface area (Å²) in [5.41, 5.74) is 14.2. The van der Waals surface area contributed by atoms with Gasteiger partial charge in [-0.25, -0.2) is 0 Å². The zero-order valence-electron chi connectivity index (χ0n) is 12.4. The van der Waals surface area contributed by atoms with Crippen molar-refractivity contribution < 1.29 is 0 Å². The van der Waals surface area contributed by atoms with Gasteiger partial charge in [-0.05, 0) is 36.6 Å². The van der Waals surface area contributed by atoms with Crippen molar-refractivity contribution >= 4 is 5.69 Å². The van der Waals surface area contributed by atoms with Crippen LogP contribution in [0.2, 0.25) is 0 Å². The van der Waals surface area contributed by atoms with E-state index in [2.05, 4.69) is 68.4 Å². The lowest BCUT2D eigenvalue weighted by atomic mass is 9.92. The molecule has 3 aromatic carbocycles. The zero-order chi connectivity index (χ0) is 14.8. The van der Waals surface area contributed by atoms with Crippen LogP contribution in [-0.4, -0.2) is 0 Å². The first-order valence-electron chi connectivity index (χ1n) is 7.18. The number of benzene rings is 3. The maximum atomic E-state index is 6.26. The van der Waals surface area contributed by atoms with E-state index in [0.29, 0.717) is 0 Å². The number of nitrogens with two attached hydrogens (primary N) is 1. The maximum Gasteiger partial charge on any atom is 0.0400 e. The Bertz CT molecular complexity index is 753. The van der Waals surface area contributed by atoms with E-state index in [-0.39, 0.29) is 0 Å². The van der Waals surface area contributed by atoms with Gasteiger partial charge in [0.25, 0.3) is 0 Å². The molecule has 104 valence electrons. The topological polar surface area (TPSA) is 26.0 Å². The molecule has 0 aliphatic carbocycles. The molecule has 0 aromatic heterocycles. The summed E-state index contributed by atoms with van der Waals surface area (Å²) < 4.78 is 0. The molecule has 0 saturated carbocycles. The van der Waals surface area contributed by atoms with Crippen molar-refractivity contribution in [3.63, 3.8) is 0 Å². The fourth-order valence-electron chi connectivity index (χ4n) is 2.59. The van der Waals surface area contributed by atoms with Gasteiger partial charge < -0.3 is 5.73 Å². The van der Waals surface area contributed by atoms with Crippen molar-refractivity contribution in [3.8, 4) is 22.3 Å². The van der Waals surface area contributed by atoms with E-state index in [1.165, 1.54) is 22.3 Å². The molecule has 1 heteroatoms. The van der Waals surface area contributed by atoms with Gasteiger partial charge in [-0.3, -0.25) is 0 Å². The molecule has 2 N–H and O–H groups in total. The largest absolute Gasteiger partial charge is 0.398 e. The molecule has 1 nitrogen and oxygen atoms in total. The van der Waals surface area contributed by atoms with Gasteiger partial charge in [0, 0.05) is 11.3 Å². The Kier molecular flexibility index (Phi) is 3.49. The standard InChI is InChI=1S/C20H19N/c1-14-6-10-16(11-7-14)18-4-3-5-19(21)20(18)17-12-8-15(2)9-13-17/h3-13H,21H2,1-2H3. The number of hydrogen-bond donors (Lipinski definition) is 1. The molecule has 3 aromatic rings. The SMILES string of the molecule is Cc1ccc(-c2cccc(N)c2-c2ccc(C)cc2)cc1. The monoisotopic (exact) mass is 273 g/mol. The average molecular weight is 273 g/mol. The smallest absolute Gasteiger partial charge is 0.0400 e. The maximum absolute atomic E-state index is 6.26. The van der Waals surface area contributed by atoms with E-state index in [9.17, 15) is 0 Å². The molecule has 0 atom stereocenters. The first kappa shape index (κ1) is 13.4. The summed E-state index contributed by atoms with van der Waals surface area (Å²) in [5, 5.41) is 0. The van der Waals surface area contributed by atoms with Crippen molar-refractivity contribution in [2.75, 3.05) is 5.73 Å². The van der Waals surface area contributed by atoms with Gasteiger partial charge in [-0.1, -0.05) is 71.8 Å². The predicted octanol–water partition coefficient (Wildman–Crippen LogP) is 5.22. The Hall–Kier alpha value is -2.54. The van der Waals surface area contributed by atoms with Crippen molar-refractivity contribution in [1.82, 2.24) is 0 Å². The molecule has 0 saturated heterocycles. The predicted molar refractivity (Wildman–Crippen MR) is 91.2 cm³/mol. The molecule has 3 rings (SSSR count). The highest BCUT2D eigenvalue weighted by Gasteiger charge is 2.10. The lowest BCUT2D eigenvalue weighted by molar-refractivity contribution is 1.46. The Morgan fingerprint density at radius 3 is 1.71 bits per heavy atom. The minimum Gasteiger partial charge on any atom is -0.398 e. The highest BCUT2D eigenvalue weighted by Crippen LogP contribution is 2.36. The first-order valence-corrected chi connectivity index (χ1v) is 7.18. The van der Waals surface area contributed by atoms with Crippen LogP contribution < -0.4 is 5.73 Å². The van der Waals surface area contributed by atoms with Crippen molar-refractivity contribution in [1.29, 1.82) is 0 Å². The summed E-state index contributed by atoms with van der Waals surface area (Å²) in [7, 11) is 0. The van der Waals surface area contributed by atoms with E-state index in [4.69, 9.17) is 5.73 Å². The van der Waals surface area contributed by atoms with Gasteiger partial charge in [-0.15, -0.1) is 0 Å². The first-order chi connectivity index (χ1) is 10.1. The number of nitrogen functional groups attached to an aromatic ring is 1. The van der Waals surface area contributed by atoms with Crippen LogP contribution in [0.15, 0.2) is 66.7 Å². The summed E-state index contributed by atoms with van der Waals surface area (Å²) in [4.78, 5) is 0. The number of anilines is 1. The summed E-state index contributed by atoms with van der Waals surface area (Å²) >= 11 is 0. The Balaban J connectivity index is 2.20. The van der Waals surface area contributed by atoms with Crippen LogP contribution in [0.5, 0.6) is 0 Å². The van der Waals surface area contributed by atoms with Crippen molar-refractivity contribution in [3.05, 3.63) is 77.9 Å². The second kappa shape index (κ2) is 5.45. The molecule has 0 bridgehead atoms. The van der Waals surface area contributed by atoms with Crippen LogP contribution in [0.25, 0.3) is 22.3 Å². The highest BCUT2D eigenvalue weighted by molar-refractivity contribution is 5.91. The lowest BCUT2D eigenvalue weighted by Crippen LogP contribution is -1.93. The van der Waals surface area contributed by atoms with E-state index >= 15 is 0 Å². The number of rotatable bonds is 2. The number of hydrogen-bond acceptors (Lipinski definition) is 1. The minimum atomic E-state index is 0.817. The van der Waals surface area contributed by atoms with E-state index < -0.39 is 0 Å². The Morgan fingerprint density at radius 1 is 0.619 bits per heavy atom. The zero-order valence-corrected chi connectivity index (χ0v) is 12.4. The van der Waals surface area contributed by atoms with Gasteiger partial charge in [-0.2, -0.15) is 0 Å². The van der Waals surface area contributed by atoms with Crippen molar-refractivity contribution in [2.24, 2.45) is 0 Å². The molecule has 0 aliphatic heterocycles. The molecular weight excluding hydrogens is 254 g/mol. The number of aryl methyl sites for hydroxylation is 2. The van der Waals surface area contributed by atoms with E-state index in [1.807, 2.05) is 12.1 Å². The summed E-state index contributed by atoms with van der Waals surface area (Å²) in [6.07, 6.45) is 0. The minimum absolute atomic E-state index is 0.817. The molecule has 21 heavy (non-hydrogen) atoms. The highest BCUT2D eigenvalue weighted by atomic mass is 14.6. The fourth-order valence-corrected chi connectivity index (χ4v) is 2.59. The average Bonchev–Trinajstić information content (AvgIpc) is 2.49. The van der Waals surface area contributed by atoms with Gasteiger partial charge >= 0.3 is 0 Å². The second-order valence-electron chi connectivity index (χ2n) is 5.50. The van der Waals surface area contributed by atoms with Gasteiger partial charge in [0.1, 0.15) is 0 Å². The molecule has 0 fully saturated rings. The van der Waals surface area contributed by atoms with E-state index in [1.54, 1.807) is 0 Å². The molecule has 0 amide bonds. The third-order valence-corrected chi connectivity index (χ3v) is 3.80. The van der Waals surface area contributed by atoms with E-state index in [0.717, 1.165) is 16.8 Å².